The largest absolute Gasteiger partial charge is 0.465 e. The van der Waals surface area contributed by atoms with Gasteiger partial charge < -0.3 is 9.47 Å². The van der Waals surface area contributed by atoms with Gasteiger partial charge in [0.15, 0.2) is 5.92 Å². The Labute approximate surface area is 132 Å². The van der Waals surface area contributed by atoms with Crippen molar-refractivity contribution in [2.24, 2.45) is 5.92 Å². The normalized spacial score (nSPS) is 10.7. The van der Waals surface area contributed by atoms with Crippen LogP contribution in [0.15, 0.2) is 35.4 Å². The van der Waals surface area contributed by atoms with Crippen molar-refractivity contribution in [2.45, 2.75) is 20.4 Å². The molecule has 1 aromatic carbocycles. The highest BCUT2D eigenvalue weighted by atomic mass is 16.6. The van der Waals surface area contributed by atoms with Gasteiger partial charge in [0.1, 0.15) is 0 Å². The van der Waals surface area contributed by atoms with Crippen molar-refractivity contribution in [3.05, 3.63) is 40.9 Å². The van der Waals surface area contributed by atoms with Crippen LogP contribution in [0, 0.1) is 5.92 Å². The summed E-state index contributed by atoms with van der Waals surface area (Å²) in [6, 6.07) is 6.86. The lowest BCUT2D eigenvalue weighted by Gasteiger charge is -2.15. The van der Waals surface area contributed by atoms with Gasteiger partial charge in [-0.15, -0.1) is 0 Å². The number of ether oxygens (including phenoxy) is 2. The van der Waals surface area contributed by atoms with Crippen LogP contribution in [0.5, 0.6) is 0 Å². The number of aromatic nitrogens is 2. The van der Waals surface area contributed by atoms with E-state index >= 15 is 0 Å². The molecule has 0 unspecified atom stereocenters. The van der Waals surface area contributed by atoms with E-state index in [4.69, 9.17) is 9.47 Å². The molecule has 0 amide bonds. The van der Waals surface area contributed by atoms with Gasteiger partial charge in [0.05, 0.1) is 37.0 Å². The minimum Gasteiger partial charge on any atom is -0.465 e. The van der Waals surface area contributed by atoms with Crippen LogP contribution in [-0.4, -0.2) is 34.7 Å². The van der Waals surface area contributed by atoms with Crippen LogP contribution >= 0.6 is 0 Å². The summed E-state index contributed by atoms with van der Waals surface area (Å²) in [6.07, 6.45) is 1.32. The van der Waals surface area contributed by atoms with E-state index in [1.165, 1.54) is 10.9 Å². The lowest BCUT2D eigenvalue weighted by atomic mass is 10.1. The predicted molar refractivity (Wildman–Crippen MR) is 82.8 cm³/mol. The van der Waals surface area contributed by atoms with Gasteiger partial charge in [-0.3, -0.25) is 19.0 Å². The molecule has 0 spiro atoms. The highest BCUT2D eigenvalue weighted by Crippen LogP contribution is 2.09. The zero-order valence-electron chi connectivity index (χ0n) is 13.0. The average molecular weight is 318 g/mol. The van der Waals surface area contributed by atoms with E-state index in [0.717, 1.165) is 0 Å². The molecule has 0 aliphatic rings. The molecule has 0 bridgehead atoms. The molecule has 0 radical (unpaired) electrons. The Bertz CT molecular complexity index is 750. The molecule has 1 aromatic heterocycles. The third-order valence-electron chi connectivity index (χ3n) is 3.25. The van der Waals surface area contributed by atoms with Gasteiger partial charge in [0, 0.05) is 0 Å². The summed E-state index contributed by atoms with van der Waals surface area (Å²) in [5.74, 6) is -2.63. The number of hydrogen-bond donors (Lipinski definition) is 0. The Balaban J connectivity index is 2.35. The van der Waals surface area contributed by atoms with Crippen LogP contribution in [-0.2, 0) is 25.6 Å². The standard InChI is InChI=1S/C16H18N2O5/c1-3-22-15(20)12(16(21)23-4-2)9-18-10-17-13-8-6-5-7-11(13)14(18)19/h5-8,10,12H,3-4,9H2,1-2H3. The fraction of sp³-hybridized carbons (Fsp3) is 0.375. The molecule has 0 N–H and O–H groups in total. The Morgan fingerprint density at radius 2 is 1.74 bits per heavy atom. The number of benzene rings is 1. The maximum atomic E-state index is 12.4. The number of rotatable bonds is 6. The van der Waals surface area contributed by atoms with Crippen molar-refractivity contribution < 1.29 is 19.1 Å². The molecule has 23 heavy (non-hydrogen) atoms. The molecule has 7 nitrogen and oxygen atoms in total. The number of fused-ring (bicyclic) bond motifs is 1. The van der Waals surface area contributed by atoms with E-state index in [-0.39, 0.29) is 25.3 Å². The van der Waals surface area contributed by atoms with Gasteiger partial charge in [-0.1, -0.05) is 12.1 Å². The number of hydrogen-bond acceptors (Lipinski definition) is 6. The Morgan fingerprint density at radius 3 is 2.35 bits per heavy atom. The lowest BCUT2D eigenvalue weighted by Crippen LogP contribution is -2.35. The fourth-order valence-electron chi connectivity index (χ4n) is 2.16. The van der Waals surface area contributed by atoms with E-state index in [2.05, 4.69) is 4.98 Å². The summed E-state index contributed by atoms with van der Waals surface area (Å²) in [4.78, 5) is 40.6. The number of esters is 2. The summed E-state index contributed by atoms with van der Waals surface area (Å²) in [5.41, 5.74) is 0.228. The molecular weight excluding hydrogens is 300 g/mol. The van der Waals surface area contributed by atoms with Crippen molar-refractivity contribution in [2.75, 3.05) is 13.2 Å². The van der Waals surface area contributed by atoms with Crippen molar-refractivity contribution in [1.82, 2.24) is 9.55 Å². The van der Waals surface area contributed by atoms with E-state index in [9.17, 15) is 14.4 Å². The summed E-state index contributed by atoms with van der Waals surface area (Å²) in [6.45, 7) is 3.39. The third-order valence-corrected chi connectivity index (χ3v) is 3.25. The van der Waals surface area contributed by atoms with Crippen LogP contribution in [0.1, 0.15) is 13.8 Å². The SMILES string of the molecule is CCOC(=O)C(Cn1cnc2ccccc2c1=O)C(=O)OCC. The number of nitrogens with zero attached hydrogens (tertiary/aromatic N) is 2. The topological polar surface area (TPSA) is 87.5 Å². The first-order valence-electron chi connectivity index (χ1n) is 7.35. The van der Waals surface area contributed by atoms with Gasteiger partial charge in [-0.05, 0) is 26.0 Å². The molecule has 122 valence electrons. The Hall–Kier alpha value is -2.70. The molecule has 0 aliphatic heterocycles. The Kier molecular flexibility index (Phi) is 5.46. The number of para-hydroxylation sites is 1. The molecular formula is C16H18N2O5. The van der Waals surface area contributed by atoms with Gasteiger partial charge in [0.25, 0.3) is 5.56 Å². The summed E-state index contributed by atoms with van der Waals surface area (Å²) in [7, 11) is 0. The highest BCUT2D eigenvalue weighted by Gasteiger charge is 2.30. The van der Waals surface area contributed by atoms with Crippen molar-refractivity contribution in [3.8, 4) is 0 Å². The highest BCUT2D eigenvalue weighted by molar-refractivity contribution is 5.94. The molecule has 2 aromatic rings. The molecule has 0 saturated carbocycles. The molecule has 2 rings (SSSR count). The lowest BCUT2D eigenvalue weighted by molar-refractivity contribution is -0.162. The maximum Gasteiger partial charge on any atom is 0.322 e. The van der Waals surface area contributed by atoms with Gasteiger partial charge >= 0.3 is 11.9 Å². The molecule has 0 fully saturated rings. The number of carbonyl (C=O) groups excluding carboxylic acids is 2. The predicted octanol–water partition coefficient (Wildman–Crippen LogP) is 1.14. The first-order valence-corrected chi connectivity index (χ1v) is 7.35. The fourth-order valence-corrected chi connectivity index (χ4v) is 2.16. The molecule has 7 heteroatoms. The van der Waals surface area contributed by atoms with Crippen molar-refractivity contribution >= 4 is 22.8 Å². The summed E-state index contributed by atoms with van der Waals surface area (Å²) in [5, 5.41) is 0.418. The van der Waals surface area contributed by atoms with Crippen molar-refractivity contribution in [3.63, 3.8) is 0 Å². The summed E-state index contributed by atoms with van der Waals surface area (Å²) >= 11 is 0. The summed E-state index contributed by atoms with van der Waals surface area (Å²) < 4.78 is 11.0. The minimum atomic E-state index is -1.20. The van der Waals surface area contributed by atoms with Crippen LogP contribution in [0.4, 0.5) is 0 Å². The molecule has 0 aliphatic carbocycles. The van der Waals surface area contributed by atoms with Crippen LogP contribution < -0.4 is 5.56 Å². The second-order valence-electron chi connectivity index (χ2n) is 4.78. The zero-order chi connectivity index (χ0) is 16.8. The Morgan fingerprint density at radius 1 is 1.13 bits per heavy atom. The van der Waals surface area contributed by atoms with Crippen LogP contribution in [0.3, 0.4) is 0 Å². The van der Waals surface area contributed by atoms with Gasteiger partial charge in [0.2, 0.25) is 0 Å². The van der Waals surface area contributed by atoms with E-state index in [1.54, 1.807) is 38.1 Å². The maximum absolute atomic E-state index is 12.4. The smallest absolute Gasteiger partial charge is 0.322 e. The minimum absolute atomic E-state index is 0.138. The van der Waals surface area contributed by atoms with E-state index in [1.807, 2.05) is 0 Å². The van der Waals surface area contributed by atoms with Gasteiger partial charge in [-0.2, -0.15) is 0 Å². The zero-order valence-corrected chi connectivity index (χ0v) is 13.0. The second-order valence-corrected chi connectivity index (χ2v) is 4.78. The second kappa shape index (κ2) is 7.53. The quantitative estimate of drug-likeness (QED) is 0.586. The van der Waals surface area contributed by atoms with Gasteiger partial charge in [-0.25, -0.2) is 4.98 Å². The van der Waals surface area contributed by atoms with Crippen LogP contribution in [0.2, 0.25) is 0 Å². The average Bonchev–Trinajstić information content (AvgIpc) is 2.55. The monoisotopic (exact) mass is 318 g/mol. The first-order chi connectivity index (χ1) is 11.1. The molecule has 0 atom stereocenters. The number of carbonyl (C=O) groups is 2. The van der Waals surface area contributed by atoms with Crippen LogP contribution in [0.25, 0.3) is 10.9 Å². The molecule has 1 heterocycles. The van der Waals surface area contributed by atoms with E-state index in [0.29, 0.717) is 10.9 Å². The van der Waals surface area contributed by atoms with Crippen molar-refractivity contribution in [1.29, 1.82) is 0 Å². The molecule has 0 saturated heterocycles. The first kappa shape index (κ1) is 16.7. The van der Waals surface area contributed by atoms with E-state index < -0.39 is 17.9 Å². The third kappa shape index (κ3) is 3.74.